The lowest BCUT2D eigenvalue weighted by atomic mass is 10.0. The van der Waals surface area contributed by atoms with Crippen LogP contribution in [0.5, 0.6) is 0 Å². The highest BCUT2D eigenvalue weighted by atomic mass is 35.5. The monoisotopic (exact) mass is 495 g/mol. The zero-order valence-electron chi connectivity index (χ0n) is 17.7. The third-order valence-corrected chi connectivity index (χ3v) is 8.02. The highest BCUT2D eigenvalue weighted by molar-refractivity contribution is 7.92. The smallest absolute Gasteiger partial charge is 0.264 e. The molecule has 8 heteroatoms. The average Bonchev–Trinajstić information content (AvgIpc) is 2.97. The normalized spacial score (nSPS) is 13.2. The van der Waals surface area contributed by atoms with Crippen molar-refractivity contribution >= 4 is 38.9 Å². The standard InChI is InChI=1S/C25H19Cl2N3O2S/c1-16-7-10-19(11-8-16)33(31,32)30-14-13-21-23(20-12-9-18(26)15-22(20)30)28-25(29-24(21)27)17-5-3-2-4-6-17/h2-12,15H,13-14H2,1H3. The van der Waals surface area contributed by atoms with Gasteiger partial charge in [-0.3, -0.25) is 4.31 Å². The summed E-state index contributed by atoms with van der Waals surface area (Å²) in [5.41, 5.74) is 4.24. The van der Waals surface area contributed by atoms with E-state index in [1.807, 2.05) is 37.3 Å². The van der Waals surface area contributed by atoms with Crippen molar-refractivity contribution < 1.29 is 8.42 Å². The predicted octanol–water partition coefficient (Wildman–Crippen LogP) is 6.18. The minimum Gasteiger partial charge on any atom is -0.265 e. The first-order chi connectivity index (χ1) is 15.8. The van der Waals surface area contributed by atoms with Gasteiger partial charge in [0.1, 0.15) is 5.15 Å². The Labute approximate surface area is 202 Å². The lowest BCUT2D eigenvalue weighted by Gasteiger charge is -2.24. The fourth-order valence-corrected chi connectivity index (χ4v) is 5.86. The molecule has 0 aliphatic carbocycles. The number of fused-ring (bicyclic) bond motifs is 3. The molecule has 166 valence electrons. The van der Waals surface area contributed by atoms with Crippen LogP contribution < -0.4 is 4.31 Å². The fourth-order valence-electron chi connectivity index (χ4n) is 3.95. The Morgan fingerprint density at radius 1 is 0.909 bits per heavy atom. The number of rotatable bonds is 3. The van der Waals surface area contributed by atoms with E-state index in [1.165, 1.54) is 4.31 Å². The third kappa shape index (κ3) is 3.99. The van der Waals surface area contributed by atoms with E-state index in [9.17, 15) is 8.42 Å². The van der Waals surface area contributed by atoms with Gasteiger partial charge in [-0.2, -0.15) is 0 Å². The molecule has 33 heavy (non-hydrogen) atoms. The number of nitrogens with zero attached hydrogens (tertiary/aromatic N) is 3. The van der Waals surface area contributed by atoms with Crippen molar-refractivity contribution in [2.45, 2.75) is 18.2 Å². The number of hydrogen-bond acceptors (Lipinski definition) is 4. The summed E-state index contributed by atoms with van der Waals surface area (Å²) in [5, 5.41) is 0.749. The van der Waals surface area contributed by atoms with Crippen molar-refractivity contribution in [3.8, 4) is 22.6 Å². The van der Waals surface area contributed by atoms with Gasteiger partial charge in [-0.05, 0) is 43.7 Å². The summed E-state index contributed by atoms with van der Waals surface area (Å²) in [6, 6.07) is 21.5. The van der Waals surface area contributed by atoms with Crippen molar-refractivity contribution in [2.24, 2.45) is 0 Å². The van der Waals surface area contributed by atoms with Gasteiger partial charge in [-0.25, -0.2) is 18.4 Å². The van der Waals surface area contributed by atoms with Crippen LogP contribution in [0.3, 0.4) is 0 Å². The molecule has 0 N–H and O–H groups in total. The number of aryl methyl sites for hydroxylation is 1. The average molecular weight is 496 g/mol. The molecule has 4 aromatic rings. The molecule has 0 saturated heterocycles. The Hall–Kier alpha value is -2.93. The largest absolute Gasteiger partial charge is 0.265 e. The number of aromatic nitrogens is 2. The van der Waals surface area contributed by atoms with Gasteiger partial charge >= 0.3 is 0 Å². The van der Waals surface area contributed by atoms with Crippen LogP contribution in [-0.2, 0) is 16.4 Å². The van der Waals surface area contributed by atoms with Crippen molar-refractivity contribution in [3.05, 3.63) is 94.1 Å². The summed E-state index contributed by atoms with van der Waals surface area (Å²) in [6.07, 6.45) is 0.362. The number of hydrogen-bond donors (Lipinski definition) is 0. The molecule has 5 rings (SSSR count). The second-order valence-corrected chi connectivity index (χ2v) is 10.5. The maximum atomic E-state index is 13.7. The topological polar surface area (TPSA) is 63.2 Å². The first-order valence-corrected chi connectivity index (χ1v) is 12.6. The van der Waals surface area contributed by atoms with Gasteiger partial charge in [0.25, 0.3) is 10.0 Å². The molecule has 1 aliphatic heterocycles. The van der Waals surface area contributed by atoms with Gasteiger partial charge in [0, 0.05) is 28.3 Å². The molecule has 0 unspecified atom stereocenters. The second-order valence-electron chi connectivity index (χ2n) is 7.83. The van der Waals surface area contributed by atoms with E-state index in [2.05, 4.69) is 4.98 Å². The van der Waals surface area contributed by atoms with Crippen LogP contribution in [0.15, 0.2) is 77.7 Å². The van der Waals surface area contributed by atoms with E-state index in [4.69, 9.17) is 28.2 Å². The second kappa shape index (κ2) is 8.45. The molecule has 0 saturated carbocycles. The van der Waals surface area contributed by atoms with Gasteiger partial charge < -0.3 is 0 Å². The van der Waals surface area contributed by atoms with Crippen molar-refractivity contribution in [3.63, 3.8) is 0 Å². The van der Waals surface area contributed by atoms with Crippen LogP contribution in [0.2, 0.25) is 10.2 Å². The van der Waals surface area contributed by atoms with E-state index in [0.717, 1.165) is 11.1 Å². The summed E-state index contributed by atoms with van der Waals surface area (Å²) in [5.74, 6) is 0.482. The van der Waals surface area contributed by atoms with E-state index >= 15 is 0 Å². The molecule has 1 aliphatic rings. The molecule has 0 atom stereocenters. The molecule has 0 spiro atoms. The van der Waals surface area contributed by atoms with Crippen LogP contribution >= 0.6 is 23.2 Å². The highest BCUT2D eigenvalue weighted by Gasteiger charge is 2.32. The zero-order valence-corrected chi connectivity index (χ0v) is 20.0. The van der Waals surface area contributed by atoms with Crippen LogP contribution in [-0.4, -0.2) is 24.9 Å². The van der Waals surface area contributed by atoms with Crippen molar-refractivity contribution in [2.75, 3.05) is 10.8 Å². The lowest BCUT2D eigenvalue weighted by Crippen LogP contribution is -2.32. The molecule has 3 aromatic carbocycles. The van der Waals surface area contributed by atoms with Gasteiger partial charge in [-0.15, -0.1) is 0 Å². The molecule has 0 amide bonds. The molecule has 0 bridgehead atoms. The molecule has 0 fully saturated rings. The van der Waals surface area contributed by atoms with Gasteiger partial charge in [0.05, 0.1) is 16.3 Å². The Balaban J connectivity index is 1.71. The first kappa shape index (κ1) is 21.9. The van der Waals surface area contributed by atoms with E-state index in [1.54, 1.807) is 42.5 Å². The maximum Gasteiger partial charge on any atom is 0.264 e. The van der Waals surface area contributed by atoms with E-state index in [0.29, 0.717) is 44.9 Å². The molecular formula is C25H19Cl2N3O2S. The summed E-state index contributed by atoms with van der Waals surface area (Å²) in [6.45, 7) is 2.10. The highest BCUT2D eigenvalue weighted by Crippen LogP contribution is 2.41. The Morgan fingerprint density at radius 3 is 2.36 bits per heavy atom. The summed E-state index contributed by atoms with van der Waals surface area (Å²) in [4.78, 5) is 9.54. The minimum absolute atomic E-state index is 0.185. The maximum absolute atomic E-state index is 13.7. The first-order valence-electron chi connectivity index (χ1n) is 10.4. The van der Waals surface area contributed by atoms with Gasteiger partial charge in [0.2, 0.25) is 0 Å². The quantitative estimate of drug-likeness (QED) is 0.318. The Bertz CT molecular complexity index is 1460. The minimum atomic E-state index is -3.84. The van der Waals surface area contributed by atoms with Gasteiger partial charge in [-0.1, -0.05) is 71.2 Å². The van der Waals surface area contributed by atoms with Gasteiger partial charge in [0.15, 0.2) is 5.82 Å². The fraction of sp³-hybridized carbons (Fsp3) is 0.120. The molecule has 5 nitrogen and oxygen atoms in total. The molecule has 0 radical (unpaired) electrons. The summed E-state index contributed by atoms with van der Waals surface area (Å²) in [7, 11) is -3.84. The molecular weight excluding hydrogens is 477 g/mol. The summed E-state index contributed by atoms with van der Waals surface area (Å²) < 4.78 is 28.7. The Morgan fingerprint density at radius 2 is 1.64 bits per heavy atom. The number of halogens is 2. The number of sulfonamides is 1. The van der Waals surface area contributed by atoms with Crippen LogP contribution in [0, 0.1) is 6.92 Å². The van der Waals surface area contributed by atoms with Crippen molar-refractivity contribution in [1.82, 2.24) is 9.97 Å². The number of benzene rings is 3. The summed E-state index contributed by atoms with van der Waals surface area (Å²) >= 11 is 12.9. The Kier molecular flexibility index (Phi) is 5.60. The van der Waals surface area contributed by atoms with Crippen LogP contribution in [0.4, 0.5) is 5.69 Å². The molecule has 2 heterocycles. The van der Waals surface area contributed by atoms with E-state index < -0.39 is 10.0 Å². The SMILES string of the molecule is Cc1ccc(S(=O)(=O)N2CCc3c(Cl)nc(-c4ccccc4)nc3-c3ccc(Cl)cc32)cc1. The number of anilines is 1. The predicted molar refractivity (Wildman–Crippen MR) is 132 cm³/mol. The third-order valence-electron chi connectivity index (χ3n) is 5.65. The van der Waals surface area contributed by atoms with E-state index in [-0.39, 0.29) is 11.4 Å². The lowest BCUT2D eigenvalue weighted by molar-refractivity contribution is 0.591. The van der Waals surface area contributed by atoms with Crippen molar-refractivity contribution in [1.29, 1.82) is 0 Å². The molecule has 1 aromatic heterocycles. The zero-order chi connectivity index (χ0) is 23.2. The van der Waals surface area contributed by atoms with Crippen LogP contribution in [0.25, 0.3) is 22.6 Å². The van der Waals surface area contributed by atoms with Crippen LogP contribution in [0.1, 0.15) is 11.1 Å².